The van der Waals surface area contributed by atoms with Gasteiger partial charge < -0.3 is 19.7 Å². The molecule has 2 aromatic rings. The smallest absolute Gasteiger partial charge is 0.202 e. The Morgan fingerprint density at radius 3 is 1.41 bits per heavy atom. The van der Waals surface area contributed by atoms with E-state index in [2.05, 4.69) is 63.7 Å². The molecule has 0 radical (unpaired) electrons. The van der Waals surface area contributed by atoms with Crippen LogP contribution in [0.25, 0.3) is 0 Å². The molecule has 0 amide bonds. The molecule has 2 N–H and O–H groups in total. The quantitative estimate of drug-likeness (QED) is 0.481. The van der Waals surface area contributed by atoms with Crippen molar-refractivity contribution in [2.75, 3.05) is 14.2 Å². The lowest BCUT2D eigenvalue weighted by Gasteiger charge is -2.05. The normalized spacial score (nSPS) is 9.73. The maximum absolute atomic E-state index is 9.16. The summed E-state index contributed by atoms with van der Waals surface area (Å²) in [6, 6.07) is 6.75. The molecular weight excluding hydrogens is 552 g/mol. The topological polar surface area (TPSA) is 58.9 Å². The zero-order valence-electron chi connectivity index (χ0n) is 11.5. The highest BCUT2D eigenvalue weighted by atomic mass is 79.9. The highest BCUT2D eigenvalue weighted by Gasteiger charge is 2.08. The van der Waals surface area contributed by atoms with Crippen molar-refractivity contribution in [1.29, 1.82) is 0 Å². The Hall–Kier alpha value is -0.440. The number of benzene rings is 2. The molecule has 120 valence electrons. The maximum atomic E-state index is 9.16. The van der Waals surface area contributed by atoms with Gasteiger partial charge in [-0.1, -0.05) is 31.9 Å². The van der Waals surface area contributed by atoms with Crippen molar-refractivity contribution in [1.82, 2.24) is 0 Å². The molecule has 0 aromatic heterocycles. The standard InChI is InChI=1S/C7H5Br3O.C7H7BrO3/c2*1-11-7-5(9)2-4(8)3-6(7)10/h2-3H,1H3;2-3,9-10H,1H3. The Morgan fingerprint density at radius 1 is 0.682 bits per heavy atom. The Kier molecular flexibility index (Phi) is 8.02. The van der Waals surface area contributed by atoms with Gasteiger partial charge in [-0.2, -0.15) is 0 Å². The predicted molar refractivity (Wildman–Crippen MR) is 100 cm³/mol. The van der Waals surface area contributed by atoms with Crippen LogP contribution >= 0.6 is 63.7 Å². The molecule has 0 fully saturated rings. The lowest BCUT2D eigenvalue weighted by molar-refractivity contribution is 0.344. The van der Waals surface area contributed by atoms with Crippen LogP contribution in [0.1, 0.15) is 0 Å². The minimum Gasteiger partial charge on any atom is -0.504 e. The van der Waals surface area contributed by atoms with E-state index in [0.29, 0.717) is 4.47 Å². The van der Waals surface area contributed by atoms with E-state index in [-0.39, 0.29) is 17.2 Å². The summed E-state index contributed by atoms with van der Waals surface area (Å²) < 4.78 is 13.3. The fourth-order valence-electron chi connectivity index (χ4n) is 1.50. The number of rotatable bonds is 2. The minimum absolute atomic E-state index is 0.0839. The summed E-state index contributed by atoms with van der Waals surface area (Å²) in [6.45, 7) is 0. The summed E-state index contributed by atoms with van der Waals surface area (Å²) in [5.74, 6) is 0.736. The van der Waals surface area contributed by atoms with Gasteiger partial charge in [0.25, 0.3) is 0 Å². The first-order valence-corrected chi connectivity index (χ1v) is 8.91. The second-order valence-electron chi connectivity index (χ2n) is 3.88. The lowest BCUT2D eigenvalue weighted by atomic mass is 10.3. The van der Waals surface area contributed by atoms with Crippen molar-refractivity contribution < 1.29 is 19.7 Å². The number of phenolic OH excluding ortho intramolecular Hbond substituents is 2. The molecule has 0 bridgehead atoms. The van der Waals surface area contributed by atoms with E-state index in [4.69, 9.17) is 19.7 Å². The summed E-state index contributed by atoms with van der Waals surface area (Å²) in [4.78, 5) is 0. The van der Waals surface area contributed by atoms with Gasteiger partial charge in [-0.3, -0.25) is 0 Å². The molecule has 8 heteroatoms. The average molecular weight is 564 g/mol. The second-order valence-corrected chi connectivity index (χ2v) is 7.42. The van der Waals surface area contributed by atoms with Crippen LogP contribution in [0, 0.1) is 0 Å². The van der Waals surface area contributed by atoms with Crippen LogP contribution in [0.3, 0.4) is 0 Å². The SMILES string of the molecule is COc1c(Br)cc(Br)cc1Br.COc1c(O)cc(Br)cc1O. The summed E-state index contributed by atoms with van der Waals surface area (Å²) >= 11 is 13.2. The molecule has 0 spiro atoms. The number of phenols is 2. The summed E-state index contributed by atoms with van der Waals surface area (Å²) in [5, 5.41) is 18.3. The Bertz CT molecular complexity index is 558. The van der Waals surface area contributed by atoms with Crippen molar-refractivity contribution in [2.24, 2.45) is 0 Å². The lowest BCUT2D eigenvalue weighted by Crippen LogP contribution is -1.85. The number of halogens is 4. The largest absolute Gasteiger partial charge is 0.504 e. The Balaban J connectivity index is 0.000000220. The average Bonchev–Trinajstić information content (AvgIpc) is 2.38. The third kappa shape index (κ3) is 5.33. The number of hydrogen-bond acceptors (Lipinski definition) is 4. The fraction of sp³-hybridized carbons (Fsp3) is 0.143. The van der Waals surface area contributed by atoms with Gasteiger partial charge in [0.2, 0.25) is 5.75 Å². The molecule has 2 rings (SSSR count). The molecule has 0 aliphatic heterocycles. The Morgan fingerprint density at radius 2 is 1.05 bits per heavy atom. The third-order valence-electron chi connectivity index (χ3n) is 2.39. The van der Waals surface area contributed by atoms with Gasteiger partial charge in [0.15, 0.2) is 11.5 Å². The van der Waals surface area contributed by atoms with Gasteiger partial charge in [0.05, 0.1) is 23.2 Å². The van der Waals surface area contributed by atoms with Gasteiger partial charge >= 0.3 is 0 Å². The van der Waals surface area contributed by atoms with E-state index in [0.717, 1.165) is 19.2 Å². The monoisotopic (exact) mass is 560 g/mol. The van der Waals surface area contributed by atoms with E-state index < -0.39 is 0 Å². The van der Waals surface area contributed by atoms with Gasteiger partial charge in [-0.15, -0.1) is 0 Å². The van der Waals surface area contributed by atoms with Crippen molar-refractivity contribution in [3.8, 4) is 23.0 Å². The zero-order valence-corrected chi connectivity index (χ0v) is 17.9. The van der Waals surface area contributed by atoms with Crippen LogP contribution in [-0.4, -0.2) is 24.4 Å². The number of ether oxygens (including phenoxy) is 2. The van der Waals surface area contributed by atoms with Gasteiger partial charge in [-0.25, -0.2) is 0 Å². The molecule has 2 aromatic carbocycles. The molecule has 0 saturated carbocycles. The molecular formula is C14H12Br4O4. The van der Waals surface area contributed by atoms with Gasteiger partial charge in [0, 0.05) is 8.95 Å². The summed E-state index contributed by atoms with van der Waals surface area (Å²) in [7, 11) is 3.02. The molecule has 0 atom stereocenters. The van der Waals surface area contributed by atoms with E-state index in [9.17, 15) is 0 Å². The third-order valence-corrected chi connectivity index (χ3v) is 4.48. The van der Waals surface area contributed by atoms with Crippen LogP contribution in [0.5, 0.6) is 23.0 Å². The first-order chi connectivity index (χ1) is 10.3. The molecule has 0 unspecified atom stereocenters. The number of methoxy groups -OCH3 is 2. The molecule has 0 heterocycles. The highest BCUT2D eigenvalue weighted by molar-refractivity contribution is 9.11. The first-order valence-electron chi connectivity index (χ1n) is 5.74. The zero-order chi connectivity index (χ0) is 16.9. The van der Waals surface area contributed by atoms with Crippen molar-refractivity contribution in [2.45, 2.75) is 0 Å². The van der Waals surface area contributed by atoms with Crippen LogP contribution in [0.15, 0.2) is 42.2 Å². The summed E-state index contributed by atoms with van der Waals surface area (Å²) in [5.41, 5.74) is 0. The van der Waals surface area contributed by atoms with E-state index in [1.54, 1.807) is 7.11 Å². The van der Waals surface area contributed by atoms with E-state index in [1.165, 1.54) is 19.2 Å². The van der Waals surface area contributed by atoms with Crippen molar-refractivity contribution in [3.05, 3.63) is 42.2 Å². The highest BCUT2D eigenvalue weighted by Crippen LogP contribution is 2.38. The van der Waals surface area contributed by atoms with Crippen molar-refractivity contribution in [3.63, 3.8) is 0 Å². The van der Waals surface area contributed by atoms with Crippen LogP contribution in [0.2, 0.25) is 0 Å². The number of aromatic hydroxyl groups is 2. The Labute approximate surface area is 162 Å². The fourth-order valence-corrected chi connectivity index (χ4v) is 4.51. The predicted octanol–water partition coefficient (Wildman–Crippen LogP) is 5.85. The van der Waals surface area contributed by atoms with Crippen LogP contribution < -0.4 is 9.47 Å². The van der Waals surface area contributed by atoms with Crippen LogP contribution in [-0.2, 0) is 0 Å². The van der Waals surface area contributed by atoms with E-state index in [1.807, 2.05) is 12.1 Å². The first kappa shape index (κ1) is 19.6. The molecule has 0 saturated heterocycles. The number of hydrogen-bond donors (Lipinski definition) is 2. The second kappa shape index (κ2) is 9.00. The molecule has 0 aliphatic carbocycles. The van der Waals surface area contributed by atoms with Gasteiger partial charge in [0.1, 0.15) is 5.75 Å². The summed E-state index contributed by atoms with van der Waals surface area (Å²) in [6.07, 6.45) is 0. The maximum Gasteiger partial charge on any atom is 0.202 e. The molecule has 0 aliphatic rings. The van der Waals surface area contributed by atoms with Crippen LogP contribution in [0.4, 0.5) is 0 Å². The molecule has 22 heavy (non-hydrogen) atoms. The van der Waals surface area contributed by atoms with E-state index >= 15 is 0 Å². The van der Waals surface area contributed by atoms with Crippen molar-refractivity contribution >= 4 is 63.7 Å². The minimum atomic E-state index is -0.0839. The molecule has 4 nitrogen and oxygen atoms in total. The van der Waals surface area contributed by atoms with Gasteiger partial charge in [-0.05, 0) is 56.1 Å².